The van der Waals surface area contributed by atoms with E-state index in [1.807, 2.05) is 17.5 Å². The molecule has 114 valence electrons. The number of aryl methyl sites for hydroxylation is 1. The summed E-state index contributed by atoms with van der Waals surface area (Å²) >= 11 is 2.94. The molecule has 0 aliphatic heterocycles. The molecule has 6 heteroatoms. The number of carbonyl (C=O) groups is 2. The number of fused-ring (bicyclic) bond motifs is 1. The summed E-state index contributed by atoms with van der Waals surface area (Å²) in [5, 5.41) is 14.6. The lowest BCUT2D eigenvalue weighted by molar-refractivity contribution is -0.111. The number of carbonyl (C=O) groups excluding carboxylic acids is 1. The van der Waals surface area contributed by atoms with Gasteiger partial charge in [-0.2, -0.15) is 0 Å². The van der Waals surface area contributed by atoms with Crippen molar-refractivity contribution in [2.45, 2.75) is 25.7 Å². The lowest BCUT2D eigenvalue weighted by atomic mass is 9.95. The zero-order valence-electron chi connectivity index (χ0n) is 11.8. The molecule has 1 amide bonds. The fourth-order valence-corrected chi connectivity index (χ4v) is 4.48. The molecular formula is C16H15NO3S2. The van der Waals surface area contributed by atoms with E-state index in [1.165, 1.54) is 17.4 Å². The van der Waals surface area contributed by atoms with Gasteiger partial charge in [0, 0.05) is 15.8 Å². The van der Waals surface area contributed by atoms with Crippen LogP contribution < -0.4 is 5.32 Å². The number of nitrogens with one attached hydrogen (secondary N) is 1. The average molecular weight is 333 g/mol. The van der Waals surface area contributed by atoms with Crippen molar-refractivity contribution in [1.82, 2.24) is 0 Å². The Hall–Kier alpha value is -1.92. The van der Waals surface area contributed by atoms with Gasteiger partial charge in [0.2, 0.25) is 5.91 Å². The topological polar surface area (TPSA) is 66.4 Å². The number of rotatable bonds is 4. The van der Waals surface area contributed by atoms with E-state index in [1.54, 1.807) is 17.4 Å². The highest BCUT2D eigenvalue weighted by Gasteiger charge is 2.25. The van der Waals surface area contributed by atoms with Gasteiger partial charge in [0.1, 0.15) is 5.00 Å². The molecule has 2 aromatic heterocycles. The maximum atomic E-state index is 12.0. The van der Waals surface area contributed by atoms with Gasteiger partial charge >= 0.3 is 5.97 Å². The first-order valence-electron chi connectivity index (χ1n) is 7.05. The number of amides is 1. The first kappa shape index (κ1) is 15.0. The van der Waals surface area contributed by atoms with Gasteiger partial charge in [0.15, 0.2) is 0 Å². The van der Waals surface area contributed by atoms with Crippen LogP contribution in [0.3, 0.4) is 0 Å². The van der Waals surface area contributed by atoms with E-state index < -0.39 is 5.97 Å². The molecule has 0 bridgehead atoms. The van der Waals surface area contributed by atoms with E-state index in [9.17, 15) is 14.7 Å². The molecule has 0 aromatic carbocycles. The van der Waals surface area contributed by atoms with Gasteiger partial charge in [0.25, 0.3) is 0 Å². The lowest BCUT2D eigenvalue weighted by Gasteiger charge is -2.10. The number of hydrogen-bond donors (Lipinski definition) is 2. The minimum Gasteiger partial charge on any atom is -0.478 e. The van der Waals surface area contributed by atoms with Crippen molar-refractivity contribution in [1.29, 1.82) is 0 Å². The Kier molecular flexibility index (Phi) is 4.40. The number of carboxylic acid groups (broad SMARTS) is 1. The summed E-state index contributed by atoms with van der Waals surface area (Å²) in [4.78, 5) is 25.6. The number of hydrogen-bond acceptors (Lipinski definition) is 4. The molecule has 22 heavy (non-hydrogen) atoms. The highest BCUT2D eigenvalue weighted by Crippen LogP contribution is 2.38. The Labute approximate surface area is 136 Å². The molecule has 2 aromatic rings. The molecule has 1 aliphatic carbocycles. The van der Waals surface area contributed by atoms with E-state index in [-0.39, 0.29) is 11.5 Å². The first-order chi connectivity index (χ1) is 10.6. The van der Waals surface area contributed by atoms with E-state index in [0.29, 0.717) is 5.00 Å². The SMILES string of the molecule is O=C(/C=C/c1cccs1)Nc1sc2c(c1C(=O)O)CCCC2. The second-order valence-corrected chi connectivity index (χ2v) is 7.14. The molecule has 0 radical (unpaired) electrons. The zero-order chi connectivity index (χ0) is 15.5. The first-order valence-corrected chi connectivity index (χ1v) is 8.75. The standard InChI is InChI=1S/C16H15NO3S2/c18-13(8-7-10-4-3-9-21-10)17-15-14(16(19)20)11-5-1-2-6-12(11)22-15/h3-4,7-9H,1-2,5-6H2,(H,17,18)(H,19,20)/b8-7+. The third-order valence-electron chi connectivity index (χ3n) is 3.56. The molecule has 2 heterocycles. The molecule has 0 saturated carbocycles. The summed E-state index contributed by atoms with van der Waals surface area (Å²) in [6.45, 7) is 0. The predicted octanol–water partition coefficient (Wildman–Crippen LogP) is 4.04. The number of aromatic carboxylic acids is 1. The van der Waals surface area contributed by atoms with Crippen LogP contribution in [0.1, 0.15) is 38.5 Å². The van der Waals surface area contributed by atoms with Crippen LogP contribution in [0.25, 0.3) is 6.08 Å². The van der Waals surface area contributed by atoms with Crippen LogP contribution in [0.15, 0.2) is 23.6 Å². The van der Waals surface area contributed by atoms with Crippen molar-refractivity contribution >= 4 is 45.6 Å². The Balaban J connectivity index is 1.81. The maximum absolute atomic E-state index is 12.0. The van der Waals surface area contributed by atoms with E-state index >= 15 is 0 Å². The fraction of sp³-hybridized carbons (Fsp3) is 0.250. The normalized spacial score (nSPS) is 14.0. The summed E-state index contributed by atoms with van der Waals surface area (Å²) in [6, 6.07) is 3.83. The van der Waals surface area contributed by atoms with Gasteiger partial charge < -0.3 is 10.4 Å². The third kappa shape index (κ3) is 3.13. The van der Waals surface area contributed by atoms with Gasteiger partial charge in [-0.3, -0.25) is 4.79 Å². The minimum atomic E-state index is -0.961. The van der Waals surface area contributed by atoms with Crippen molar-refractivity contribution in [2.75, 3.05) is 5.32 Å². The zero-order valence-corrected chi connectivity index (χ0v) is 13.4. The molecule has 3 rings (SSSR count). The lowest BCUT2D eigenvalue weighted by Crippen LogP contribution is -2.11. The molecule has 1 aliphatic rings. The maximum Gasteiger partial charge on any atom is 0.339 e. The summed E-state index contributed by atoms with van der Waals surface area (Å²) in [5.41, 5.74) is 1.18. The molecule has 2 N–H and O–H groups in total. The Morgan fingerprint density at radius 3 is 2.82 bits per heavy atom. The fourth-order valence-electron chi connectivity index (χ4n) is 2.58. The van der Waals surface area contributed by atoms with Crippen molar-refractivity contribution in [3.63, 3.8) is 0 Å². The molecule has 0 atom stereocenters. The highest BCUT2D eigenvalue weighted by molar-refractivity contribution is 7.17. The number of carboxylic acids is 1. The van der Waals surface area contributed by atoms with Crippen molar-refractivity contribution < 1.29 is 14.7 Å². The molecular weight excluding hydrogens is 318 g/mol. The monoisotopic (exact) mass is 333 g/mol. The number of thiophene rings is 2. The van der Waals surface area contributed by atoms with Crippen molar-refractivity contribution in [2.24, 2.45) is 0 Å². The van der Waals surface area contributed by atoms with Crippen LogP contribution in [0.2, 0.25) is 0 Å². The molecule has 0 fully saturated rings. The van der Waals surface area contributed by atoms with Crippen LogP contribution >= 0.6 is 22.7 Å². The largest absolute Gasteiger partial charge is 0.478 e. The van der Waals surface area contributed by atoms with Gasteiger partial charge in [-0.15, -0.1) is 22.7 Å². The highest BCUT2D eigenvalue weighted by atomic mass is 32.1. The van der Waals surface area contributed by atoms with Crippen LogP contribution in [-0.4, -0.2) is 17.0 Å². The van der Waals surface area contributed by atoms with Gasteiger partial charge in [-0.1, -0.05) is 6.07 Å². The summed E-state index contributed by atoms with van der Waals surface area (Å²) in [7, 11) is 0. The van der Waals surface area contributed by atoms with Crippen LogP contribution in [0, 0.1) is 0 Å². The van der Waals surface area contributed by atoms with Crippen LogP contribution in [0.5, 0.6) is 0 Å². The minimum absolute atomic E-state index is 0.276. The Bertz CT molecular complexity index is 729. The third-order valence-corrected chi connectivity index (χ3v) is 5.61. The summed E-state index contributed by atoms with van der Waals surface area (Å²) < 4.78 is 0. The quantitative estimate of drug-likeness (QED) is 0.830. The number of anilines is 1. The molecule has 0 saturated heterocycles. The van der Waals surface area contributed by atoms with Crippen LogP contribution in [0.4, 0.5) is 5.00 Å². The van der Waals surface area contributed by atoms with E-state index in [2.05, 4.69) is 5.32 Å². The van der Waals surface area contributed by atoms with Crippen LogP contribution in [-0.2, 0) is 17.6 Å². The molecule has 0 spiro atoms. The average Bonchev–Trinajstić information content (AvgIpc) is 3.11. The predicted molar refractivity (Wildman–Crippen MR) is 89.9 cm³/mol. The second kappa shape index (κ2) is 6.46. The smallest absolute Gasteiger partial charge is 0.339 e. The van der Waals surface area contributed by atoms with Gasteiger partial charge in [0.05, 0.1) is 5.56 Å². The van der Waals surface area contributed by atoms with E-state index in [4.69, 9.17) is 0 Å². The second-order valence-electron chi connectivity index (χ2n) is 5.06. The Morgan fingerprint density at radius 1 is 1.27 bits per heavy atom. The Morgan fingerprint density at radius 2 is 2.09 bits per heavy atom. The summed E-state index contributed by atoms with van der Waals surface area (Å²) in [6.07, 6.45) is 6.95. The van der Waals surface area contributed by atoms with Crippen molar-refractivity contribution in [3.8, 4) is 0 Å². The van der Waals surface area contributed by atoms with E-state index in [0.717, 1.165) is 41.0 Å². The van der Waals surface area contributed by atoms with Gasteiger partial charge in [-0.05, 0) is 48.8 Å². The summed E-state index contributed by atoms with van der Waals surface area (Å²) in [5.74, 6) is -1.26. The van der Waals surface area contributed by atoms with Gasteiger partial charge in [-0.25, -0.2) is 4.79 Å². The molecule has 0 unspecified atom stereocenters. The molecule has 4 nitrogen and oxygen atoms in total. The van der Waals surface area contributed by atoms with Crippen molar-refractivity contribution in [3.05, 3.63) is 44.5 Å².